The number of hydrogen-bond donors (Lipinski definition) is 2. The van der Waals surface area contributed by atoms with Gasteiger partial charge in [-0.1, -0.05) is 36.8 Å². The number of benzene rings is 1. The number of hydrogen-bond acceptors (Lipinski definition) is 2. The van der Waals surface area contributed by atoms with Gasteiger partial charge in [-0.25, -0.2) is 4.79 Å². The summed E-state index contributed by atoms with van der Waals surface area (Å²) in [6.45, 7) is 5.25. The Morgan fingerprint density at radius 1 is 1.35 bits per heavy atom. The number of carboxylic acids is 1. The van der Waals surface area contributed by atoms with Gasteiger partial charge in [-0.05, 0) is 12.5 Å². The van der Waals surface area contributed by atoms with Crippen LogP contribution in [0.2, 0.25) is 0 Å². The average molecular weight is 276 g/mol. The number of rotatable bonds is 4. The molecule has 0 bridgehead atoms. The lowest BCUT2D eigenvalue weighted by atomic mass is 9.87. The van der Waals surface area contributed by atoms with Crippen molar-refractivity contribution in [3.63, 3.8) is 0 Å². The van der Waals surface area contributed by atoms with Crippen molar-refractivity contribution in [2.24, 2.45) is 11.8 Å². The second-order valence-corrected chi connectivity index (χ2v) is 5.44. The summed E-state index contributed by atoms with van der Waals surface area (Å²) in [6.07, 6.45) is 0. The smallest absolute Gasteiger partial charge is 0.317 e. The highest BCUT2D eigenvalue weighted by molar-refractivity contribution is 5.76. The van der Waals surface area contributed by atoms with Gasteiger partial charge < -0.3 is 15.3 Å². The first-order chi connectivity index (χ1) is 9.47. The van der Waals surface area contributed by atoms with E-state index in [4.69, 9.17) is 5.11 Å². The molecule has 1 heterocycles. The van der Waals surface area contributed by atoms with Crippen LogP contribution in [0.5, 0.6) is 0 Å². The van der Waals surface area contributed by atoms with Crippen LogP contribution in [-0.4, -0.2) is 35.1 Å². The van der Waals surface area contributed by atoms with E-state index in [1.807, 2.05) is 31.2 Å². The molecule has 1 saturated heterocycles. The molecule has 1 unspecified atom stereocenters. The van der Waals surface area contributed by atoms with E-state index in [0.29, 0.717) is 19.6 Å². The predicted octanol–water partition coefficient (Wildman–Crippen LogP) is 1.86. The fourth-order valence-corrected chi connectivity index (χ4v) is 2.19. The van der Waals surface area contributed by atoms with Crippen molar-refractivity contribution in [1.82, 2.24) is 10.2 Å². The number of nitrogens with zero attached hydrogens (tertiary/aromatic N) is 1. The van der Waals surface area contributed by atoms with Crippen LogP contribution in [0.1, 0.15) is 18.1 Å². The molecule has 1 aromatic carbocycles. The second kappa shape index (κ2) is 5.94. The Kier molecular flexibility index (Phi) is 4.27. The van der Waals surface area contributed by atoms with Crippen LogP contribution in [-0.2, 0) is 11.3 Å². The van der Waals surface area contributed by atoms with Gasteiger partial charge in [-0.3, -0.25) is 4.79 Å². The van der Waals surface area contributed by atoms with Crippen molar-refractivity contribution < 1.29 is 14.7 Å². The van der Waals surface area contributed by atoms with Gasteiger partial charge in [0.05, 0.1) is 5.92 Å². The van der Waals surface area contributed by atoms with Crippen LogP contribution in [0.4, 0.5) is 4.79 Å². The van der Waals surface area contributed by atoms with Crippen molar-refractivity contribution in [3.05, 3.63) is 35.4 Å². The summed E-state index contributed by atoms with van der Waals surface area (Å²) in [7, 11) is 0. The van der Waals surface area contributed by atoms with Crippen LogP contribution < -0.4 is 5.32 Å². The van der Waals surface area contributed by atoms with E-state index in [1.165, 1.54) is 5.56 Å². The molecule has 0 aromatic heterocycles. The van der Waals surface area contributed by atoms with Gasteiger partial charge in [0.1, 0.15) is 0 Å². The van der Waals surface area contributed by atoms with Crippen molar-refractivity contribution in [1.29, 1.82) is 0 Å². The molecule has 1 aliphatic rings. The lowest BCUT2D eigenvalue weighted by Crippen LogP contribution is -2.56. The maximum absolute atomic E-state index is 11.9. The highest BCUT2D eigenvalue weighted by Crippen LogP contribution is 2.23. The normalized spacial score (nSPS) is 16.4. The highest BCUT2D eigenvalue weighted by atomic mass is 16.4. The molecular formula is C15H20N2O3. The fourth-order valence-electron chi connectivity index (χ4n) is 2.19. The standard InChI is InChI=1S/C15H20N2O3/c1-10-3-5-12(6-4-10)7-16-15(20)17-8-13(9-17)11(2)14(18)19/h3-6,11,13H,7-9H2,1-2H3,(H,16,20)(H,18,19). The molecule has 2 rings (SSSR count). The van der Waals surface area contributed by atoms with Crippen molar-refractivity contribution >= 4 is 12.0 Å². The van der Waals surface area contributed by atoms with Gasteiger partial charge in [0.15, 0.2) is 0 Å². The maximum Gasteiger partial charge on any atom is 0.317 e. The Morgan fingerprint density at radius 3 is 2.50 bits per heavy atom. The van der Waals surface area contributed by atoms with E-state index in [0.717, 1.165) is 5.56 Å². The largest absolute Gasteiger partial charge is 0.481 e. The van der Waals surface area contributed by atoms with Crippen LogP contribution in [0.15, 0.2) is 24.3 Å². The van der Waals surface area contributed by atoms with Crippen molar-refractivity contribution in [2.45, 2.75) is 20.4 Å². The van der Waals surface area contributed by atoms with Crippen molar-refractivity contribution in [3.8, 4) is 0 Å². The molecule has 1 aliphatic heterocycles. The molecule has 108 valence electrons. The molecule has 0 radical (unpaired) electrons. The Balaban J connectivity index is 1.75. The lowest BCUT2D eigenvalue weighted by Gasteiger charge is -2.41. The van der Waals surface area contributed by atoms with Gasteiger partial charge >= 0.3 is 12.0 Å². The number of carbonyl (C=O) groups excluding carboxylic acids is 1. The third kappa shape index (κ3) is 3.29. The zero-order valence-electron chi connectivity index (χ0n) is 11.8. The summed E-state index contributed by atoms with van der Waals surface area (Å²) in [4.78, 5) is 24.4. The average Bonchev–Trinajstić information content (AvgIpc) is 2.36. The minimum Gasteiger partial charge on any atom is -0.481 e. The molecular weight excluding hydrogens is 256 g/mol. The van der Waals surface area contributed by atoms with Crippen LogP contribution in [0.25, 0.3) is 0 Å². The van der Waals surface area contributed by atoms with E-state index in [9.17, 15) is 9.59 Å². The van der Waals surface area contributed by atoms with Crippen LogP contribution in [0, 0.1) is 18.8 Å². The fraction of sp³-hybridized carbons (Fsp3) is 0.467. The predicted molar refractivity (Wildman–Crippen MR) is 75.3 cm³/mol. The van der Waals surface area contributed by atoms with Gasteiger partial charge in [-0.15, -0.1) is 0 Å². The first-order valence-corrected chi connectivity index (χ1v) is 6.78. The molecule has 5 heteroatoms. The van der Waals surface area contributed by atoms with E-state index >= 15 is 0 Å². The first kappa shape index (κ1) is 14.4. The zero-order chi connectivity index (χ0) is 14.7. The molecule has 2 N–H and O–H groups in total. The third-order valence-corrected chi connectivity index (χ3v) is 3.86. The van der Waals surface area contributed by atoms with E-state index < -0.39 is 11.9 Å². The van der Waals surface area contributed by atoms with Crippen LogP contribution >= 0.6 is 0 Å². The highest BCUT2D eigenvalue weighted by Gasteiger charge is 2.36. The third-order valence-electron chi connectivity index (χ3n) is 3.86. The number of amides is 2. The monoisotopic (exact) mass is 276 g/mol. The Hall–Kier alpha value is -2.04. The maximum atomic E-state index is 11.9. The molecule has 1 atom stereocenters. The van der Waals surface area contributed by atoms with Gasteiger partial charge in [0.2, 0.25) is 0 Å². The summed E-state index contributed by atoms with van der Waals surface area (Å²) in [5.74, 6) is -1.12. The number of aryl methyl sites for hydroxylation is 1. The van der Waals surface area contributed by atoms with Gasteiger partial charge in [0.25, 0.3) is 0 Å². The molecule has 20 heavy (non-hydrogen) atoms. The van der Waals surface area contributed by atoms with E-state index in [2.05, 4.69) is 5.32 Å². The Labute approximate surface area is 118 Å². The summed E-state index contributed by atoms with van der Waals surface area (Å²) in [6, 6.07) is 7.87. The molecule has 0 saturated carbocycles. The van der Waals surface area contributed by atoms with Gasteiger partial charge in [-0.2, -0.15) is 0 Å². The molecule has 0 aliphatic carbocycles. The topological polar surface area (TPSA) is 69.6 Å². The zero-order valence-corrected chi connectivity index (χ0v) is 11.8. The number of likely N-dealkylation sites (tertiary alicyclic amines) is 1. The first-order valence-electron chi connectivity index (χ1n) is 6.78. The number of aliphatic carboxylic acids is 1. The summed E-state index contributed by atoms with van der Waals surface area (Å²) >= 11 is 0. The summed E-state index contributed by atoms with van der Waals surface area (Å²) in [5.41, 5.74) is 2.24. The summed E-state index contributed by atoms with van der Waals surface area (Å²) in [5, 5.41) is 11.7. The minimum absolute atomic E-state index is 0.0672. The minimum atomic E-state index is -0.797. The van der Waals surface area contributed by atoms with Gasteiger partial charge in [0, 0.05) is 25.6 Å². The van der Waals surface area contributed by atoms with E-state index in [1.54, 1.807) is 11.8 Å². The molecule has 0 spiro atoms. The molecule has 1 fully saturated rings. The number of nitrogens with one attached hydrogen (secondary N) is 1. The Morgan fingerprint density at radius 2 is 1.95 bits per heavy atom. The van der Waals surface area contributed by atoms with Crippen molar-refractivity contribution in [2.75, 3.05) is 13.1 Å². The second-order valence-electron chi connectivity index (χ2n) is 5.44. The molecule has 1 aromatic rings. The number of urea groups is 1. The number of carboxylic acid groups (broad SMARTS) is 1. The number of carbonyl (C=O) groups is 2. The molecule has 2 amide bonds. The van der Waals surface area contributed by atoms with Crippen LogP contribution in [0.3, 0.4) is 0 Å². The molecule has 5 nitrogen and oxygen atoms in total. The Bertz CT molecular complexity index is 492. The summed E-state index contributed by atoms with van der Waals surface area (Å²) < 4.78 is 0. The lowest BCUT2D eigenvalue weighted by molar-refractivity contribution is -0.144. The quantitative estimate of drug-likeness (QED) is 0.882. The SMILES string of the molecule is Cc1ccc(CNC(=O)N2CC(C(C)C(=O)O)C2)cc1. The van der Waals surface area contributed by atoms with E-state index in [-0.39, 0.29) is 11.9 Å².